The Morgan fingerprint density at radius 1 is 0.918 bits per heavy atom. The lowest BCUT2D eigenvalue weighted by atomic mass is 9.91. The average Bonchev–Trinajstić information content (AvgIpc) is 3.24. The van der Waals surface area contributed by atoms with Crippen molar-refractivity contribution in [1.29, 1.82) is 5.26 Å². The second-order valence-corrected chi connectivity index (χ2v) is 17.0. The van der Waals surface area contributed by atoms with Gasteiger partial charge in [-0.05, 0) is 87.3 Å². The van der Waals surface area contributed by atoms with E-state index in [9.17, 15) is 24.3 Å². The molecule has 3 atom stereocenters. The Morgan fingerprint density at radius 2 is 1.59 bits per heavy atom. The molecule has 0 saturated heterocycles. The summed E-state index contributed by atoms with van der Waals surface area (Å²) in [4.78, 5) is 55.0. The Kier molecular flexibility index (Phi) is 12.5. The first-order valence-corrected chi connectivity index (χ1v) is 20.3. The number of nitrogens with one attached hydrogen (secondary N) is 2. The van der Waals surface area contributed by atoms with E-state index in [0.717, 1.165) is 16.7 Å². The zero-order valence-electron chi connectivity index (χ0n) is 33.5. The number of ether oxygens (including phenoxy) is 3. The van der Waals surface area contributed by atoms with E-state index in [2.05, 4.69) is 16.7 Å². The lowest BCUT2D eigenvalue weighted by Gasteiger charge is -2.37. The molecule has 61 heavy (non-hydrogen) atoms. The van der Waals surface area contributed by atoms with Crippen LogP contribution < -0.4 is 20.1 Å². The van der Waals surface area contributed by atoms with Crippen molar-refractivity contribution in [3.63, 3.8) is 0 Å². The molecule has 0 spiro atoms. The third-order valence-electron chi connectivity index (χ3n) is 10.3. The maximum absolute atomic E-state index is 14.1. The van der Waals surface area contributed by atoms with Gasteiger partial charge in [0, 0.05) is 18.4 Å². The molecular formula is C47H42Cl2N4O8. The predicted octanol–water partition coefficient (Wildman–Crippen LogP) is 8.90. The summed E-state index contributed by atoms with van der Waals surface area (Å²) in [6.07, 6.45) is -1.70. The quantitative estimate of drug-likeness (QED) is 0.118. The molecule has 0 radical (unpaired) electrons. The Bertz CT molecular complexity index is 2520. The largest absolute Gasteiger partial charge is 0.489 e. The molecule has 2 aliphatic heterocycles. The molecule has 0 bridgehead atoms. The number of carboxylic acids is 1. The molecular weight excluding hydrogens is 819 g/mol. The third kappa shape index (κ3) is 10.3. The van der Waals surface area contributed by atoms with Gasteiger partial charge < -0.3 is 30.0 Å². The van der Waals surface area contributed by atoms with Crippen LogP contribution in [0, 0.1) is 16.7 Å². The van der Waals surface area contributed by atoms with Gasteiger partial charge in [0.05, 0.1) is 40.5 Å². The van der Waals surface area contributed by atoms with Crippen molar-refractivity contribution in [2.45, 2.75) is 65.0 Å². The van der Waals surface area contributed by atoms with Crippen LogP contribution in [0.1, 0.15) is 60.3 Å². The van der Waals surface area contributed by atoms with Crippen LogP contribution in [0.5, 0.6) is 11.5 Å². The highest BCUT2D eigenvalue weighted by molar-refractivity contribution is 6.42. The predicted molar refractivity (Wildman–Crippen MR) is 229 cm³/mol. The Balaban J connectivity index is 1.06. The summed E-state index contributed by atoms with van der Waals surface area (Å²) in [5, 5.41) is 25.8. The average molecular weight is 862 g/mol. The van der Waals surface area contributed by atoms with Crippen molar-refractivity contribution in [3.8, 4) is 28.7 Å². The lowest BCUT2D eigenvalue weighted by molar-refractivity contribution is -0.142. The normalized spacial score (nSPS) is 16.1. The fraction of sp³-hybridized carbons (Fsp3) is 0.255. The number of nitrogens with zero attached hydrogens (tertiary/aromatic N) is 2. The van der Waals surface area contributed by atoms with Crippen molar-refractivity contribution in [1.82, 2.24) is 10.2 Å². The molecule has 2 heterocycles. The van der Waals surface area contributed by atoms with Crippen molar-refractivity contribution in [2.24, 2.45) is 5.41 Å². The molecule has 3 amide bonds. The first-order valence-electron chi connectivity index (χ1n) is 19.5. The molecule has 0 aromatic heterocycles. The van der Waals surface area contributed by atoms with Gasteiger partial charge >= 0.3 is 12.1 Å². The molecule has 0 saturated carbocycles. The highest BCUT2D eigenvalue weighted by Crippen LogP contribution is 2.40. The van der Waals surface area contributed by atoms with Crippen molar-refractivity contribution in [2.75, 3.05) is 11.9 Å². The summed E-state index contributed by atoms with van der Waals surface area (Å²) < 4.78 is 17.8. The van der Waals surface area contributed by atoms with Gasteiger partial charge in [-0.2, -0.15) is 5.26 Å². The zero-order chi connectivity index (χ0) is 43.4. The van der Waals surface area contributed by atoms with Gasteiger partial charge in [-0.3, -0.25) is 14.5 Å². The van der Waals surface area contributed by atoms with E-state index in [0.29, 0.717) is 55.0 Å². The number of anilines is 1. The monoisotopic (exact) mass is 860 g/mol. The van der Waals surface area contributed by atoms with Crippen LogP contribution >= 0.6 is 23.2 Å². The minimum absolute atomic E-state index is 0.0149. The fourth-order valence-corrected chi connectivity index (χ4v) is 7.33. The number of hydrogen-bond acceptors (Lipinski definition) is 8. The van der Waals surface area contributed by atoms with Gasteiger partial charge in [-0.25, -0.2) is 9.59 Å². The summed E-state index contributed by atoms with van der Waals surface area (Å²) in [6.45, 7) is 6.05. The standard InChI is InChI=1S/C47H42Cl2N4O8/c1-47(2,3)26-60-46(58)53-24-34-22-41-38(51-44(55)42(61-41)32-13-15-35(16-14-32)59-25-29-8-17-36(48)37(49)18-29)20-33(34)21-40(53)43(54)52-39(45(56)57)19-27-4-9-30(10-5-27)31-11-6-28(23-50)7-12-31/h4-18,20,22,39-40,42H,19,21,24-26H2,1-3H3,(H,51,55)(H,52,54)(H,56,57)/t39-,40-,42?/m0/s1. The molecule has 0 fully saturated rings. The van der Waals surface area contributed by atoms with E-state index < -0.39 is 42.1 Å². The maximum Gasteiger partial charge on any atom is 0.410 e. The minimum atomic E-state index is -1.31. The van der Waals surface area contributed by atoms with Gasteiger partial charge in [-0.1, -0.05) is 98.6 Å². The molecule has 1 unspecified atom stereocenters. The second-order valence-electron chi connectivity index (χ2n) is 16.2. The molecule has 7 rings (SSSR count). The molecule has 5 aromatic rings. The minimum Gasteiger partial charge on any atom is -0.489 e. The molecule has 14 heteroatoms. The number of fused-ring (bicyclic) bond motifs is 2. The van der Waals surface area contributed by atoms with Crippen LogP contribution in [0.25, 0.3) is 11.1 Å². The number of carbonyl (C=O) groups excluding carboxylic acids is 3. The van der Waals surface area contributed by atoms with Crippen LogP contribution in [0.4, 0.5) is 10.5 Å². The van der Waals surface area contributed by atoms with Crippen molar-refractivity contribution in [3.05, 3.63) is 147 Å². The molecule has 5 aromatic carbocycles. The molecule has 3 N–H and O–H groups in total. The van der Waals surface area contributed by atoms with Gasteiger partial charge in [-0.15, -0.1) is 0 Å². The van der Waals surface area contributed by atoms with E-state index in [-0.39, 0.29) is 38.0 Å². The molecule has 2 aliphatic rings. The molecule has 312 valence electrons. The summed E-state index contributed by atoms with van der Waals surface area (Å²) in [5.74, 6) is -1.35. The van der Waals surface area contributed by atoms with E-state index in [1.807, 2.05) is 51.1 Å². The van der Waals surface area contributed by atoms with E-state index in [1.165, 1.54) is 4.90 Å². The number of rotatable bonds is 11. The van der Waals surface area contributed by atoms with Crippen molar-refractivity contribution < 1.29 is 38.5 Å². The Hall–Kier alpha value is -6.55. The zero-order valence-corrected chi connectivity index (χ0v) is 35.0. The van der Waals surface area contributed by atoms with Crippen LogP contribution in [0.15, 0.2) is 103 Å². The smallest absolute Gasteiger partial charge is 0.410 e. The number of nitriles is 1. The van der Waals surface area contributed by atoms with Crippen LogP contribution in [0.3, 0.4) is 0 Å². The lowest BCUT2D eigenvalue weighted by Crippen LogP contribution is -2.56. The van der Waals surface area contributed by atoms with E-state index in [4.69, 9.17) is 42.7 Å². The summed E-state index contributed by atoms with van der Waals surface area (Å²) in [6, 6.07) is 29.7. The fourth-order valence-electron chi connectivity index (χ4n) is 7.01. The van der Waals surface area contributed by atoms with E-state index in [1.54, 1.807) is 72.8 Å². The van der Waals surface area contributed by atoms with Crippen LogP contribution in [-0.4, -0.2) is 52.6 Å². The number of carbonyl (C=O) groups is 4. The van der Waals surface area contributed by atoms with Gasteiger partial charge in [0.15, 0.2) is 0 Å². The number of amides is 3. The Morgan fingerprint density at radius 3 is 2.23 bits per heavy atom. The second kappa shape index (κ2) is 18.0. The number of carboxylic acid groups (broad SMARTS) is 1. The summed E-state index contributed by atoms with van der Waals surface area (Å²) >= 11 is 12.1. The number of benzene rings is 5. The molecule has 12 nitrogen and oxygen atoms in total. The number of halogens is 2. The number of hydrogen-bond donors (Lipinski definition) is 3. The van der Waals surface area contributed by atoms with E-state index >= 15 is 0 Å². The maximum atomic E-state index is 14.1. The first kappa shape index (κ1) is 42.6. The SMILES string of the molecule is CC(C)(C)COC(=O)N1Cc2cc3c(cc2C[C@H]1C(=O)N[C@@H](Cc1ccc(-c2ccc(C#N)cc2)cc1)C(=O)O)NC(=O)C(c1ccc(OCc2ccc(Cl)c(Cl)c2)cc1)O3. The molecule has 0 aliphatic carbocycles. The highest BCUT2D eigenvalue weighted by Gasteiger charge is 2.39. The highest BCUT2D eigenvalue weighted by atomic mass is 35.5. The van der Waals surface area contributed by atoms with Crippen molar-refractivity contribution >= 4 is 52.8 Å². The van der Waals surface area contributed by atoms with Gasteiger partial charge in [0.2, 0.25) is 12.0 Å². The summed E-state index contributed by atoms with van der Waals surface area (Å²) in [7, 11) is 0. The van der Waals surface area contributed by atoms with Gasteiger partial charge in [0.25, 0.3) is 5.91 Å². The topological polar surface area (TPSA) is 167 Å². The van der Waals surface area contributed by atoms with Crippen LogP contribution in [0.2, 0.25) is 10.0 Å². The van der Waals surface area contributed by atoms with Crippen LogP contribution in [-0.2, 0) is 45.1 Å². The Labute approximate surface area is 362 Å². The van der Waals surface area contributed by atoms with Gasteiger partial charge in [0.1, 0.15) is 30.2 Å². The number of aliphatic carboxylic acids is 1. The first-order chi connectivity index (χ1) is 29.1. The third-order valence-corrected chi connectivity index (χ3v) is 11.0. The summed E-state index contributed by atoms with van der Waals surface area (Å²) in [5.41, 5.74) is 5.80.